The monoisotopic (exact) mass is 255 g/mol. The van der Waals surface area contributed by atoms with Crippen molar-refractivity contribution in [3.05, 3.63) is 59.0 Å². The number of furan rings is 1. The molecular formula is C17H21NO. The second kappa shape index (κ2) is 5.22. The molecule has 0 saturated heterocycles. The van der Waals surface area contributed by atoms with Crippen molar-refractivity contribution in [2.24, 2.45) is 0 Å². The summed E-state index contributed by atoms with van der Waals surface area (Å²) in [6.07, 6.45) is 5.93. The second-order valence-corrected chi connectivity index (χ2v) is 5.51. The van der Waals surface area contributed by atoms with Gasteiger partial charge in [-0.3, -0.25) is 0 Å². The molecule has 2 heteroatoms. The van der Waals surface area contributed by atoms with Crippen LogP contribution in [0.5, 0.6) is 0 Å². The van der Waals surface area contributed by atoms with E-state index in [4.69, 9.17) is 4.42 Å². The van der Waals surface area contributed by atoms with E-state index in [-0.39, 0.29) is 6.04 Å². The van der Waals surface area contributed by atoms with Gasteiger partial charge in [-0.2, -0.15) is 0 Å². The van der Waals surface area contributed by atoms with Gasteiger partial charge in [-0.25, -0.2) is 0 Å². The van der Waals surface area contributed by atoms with E-state index in [0.29, 0.717) is 0 Å². The lowest BCUT2D eigenvalue weighted by Crippen LogP contribution is -2.18. The molecule has 100 valence electrons. The van der Waals surface area contributed by atoms with Crippen molar-refractivity contribution in [2.45, 2.75) is 38.1 Å². The quantitative estimate of drug-likeness (QED) is 0.887. The second-order valence-electron chi connectivity index (χ2n) is 5.51. The molecule has 0 spiro atoms. The van der Waals surface area contributed by atoms with Gasteiger partial charge < -0.3 is 9.73 Å². The SMILES string of the molecule is CNC(c1cccc(C2CCC2)c1)c1coc(C)c1. The molecule has 1 aromatic carbocycles. The van der Waals surface area contributed by atoms with Crippen LogP contribution in [0.25, 0.3) is 0 Å². The zero-order valence-corrected chi connectivity index (χ0v) is 11.6. The third-order valence-corrected chi connectivity index (χ3v) is 4.19. The highest BCUT2D eigenvalue weighted by atomic mass is 16.3. The first-order valence-corrected chi connectivity index (χ1v) is 7.10. The van der Waals surface area contributed by atoms with Crippen LogP contribution >= 0.6 is 0 Å². The molecule has 2 aromatic rings. The average Bonchev–Trinajstić information content (AvgIpc) is 2.75. The fourth-order valence-corrected chi connectivity index (χ4v) is 2.87. The van der Waals surface area contributed by atoms with E-state index in [1.165, 1.54) is 36.0 Å². The first-order valence-electron chi connectivity index (χ1n) is 7.10. The van der Waals surface area contributed by atoms with Gasteiger partial charge in [-0.1, -0.05) is 30.7 Å². The molecule has 1 aliphatic carbocycles. The number of hydrogen-bond donors (Lipinski definition) is 1. The first kappa shape index (κ1) is 12.5. The molecule has 1 N–H and O–H groups in total. The smallest absolute Gasteiger partial charge is 0.101 e. The normalized spacial score (nSPS) is 17.2. The Morgan fingerprint density at radius 1 is 1.21 bits per heavy atom. The molecule has 0 bridgehead atoms. The predicted molar refractivity (Wildman–Crippen MR) is 77.4 cm³/mol. The molecule has 1 aliphatic rings. The Labute approximate surface area is 114 Å². The molecule has 2 nitrogen and oxygen atoms in total. The summed E-state index contributed by atoms with van der Waals surface area (Å²) >= 11 is 0. The van der Waals surface area contributed by atoms with Crippen molar-refractivity contribution in [3.63, 3.8) is 0 Å². The van der Waals surface area contributed by atoms with Crippen LogP contribution in [0.4, 0.5) is 0 Å². The van der Waals surface area contributed by atoms with Crippen LogP contribution < -0.4 is 5.32 Å². The number of hydrogen-bond acceptors (Lipinski definition) is 2. The van der Waals surface area contributed by atoms with Gasteiger partial charge in [0, 0.05) is 5.56 Å². The van der Waals surface area contributed by atoms with Crippen LogP contribution in [0.15, 0.2) is 41.0 Å². The summed E-state index contributed by atoms with van der Waals surface area (Å²) in [6, 6.07) is 11.3. The molecule has 0 aliphatic heterocycles. The lowest BCUT2D eigenvalue weighted by atomic mass is 9.79. The summed E-state index contributed by atoms with van der Waals surface area (Å²) < 4.78 is 5.44. The first-order chi connectivity index (χ1) is 9.28. The van der Waals surface area contributed by atoms with E-state index in [0.717, 1.165) is 11.7 Å². The molecule has 1 unspecified atom stereocenters. The zero-order chi connectivity index (χ0) is 13.2. The fourth-order valence-electron chi connectivity index (χ4n) is 2.87. The molecule has 0 radical (unpaired) electrons. The lowest BCUT2D eigenvalue weighted by molar-refractivity contribution is 0.419. The van der Waals surface area contributed by atoms with E-state index in [9.17, 15) is 0 Å². The fraction of sp³-hybridized carbons (Fsp3) is 0.412. The Morgan fingerprint density at radius 2 is 2.05 bits per heavy atom. The lowest BCUT2D eigenvalue weighted by Gasteiger charge is -2.27. The minimum Gasteiger partial charge on any atom is -0.469 e. The third kappa shape index (κ3) is 2.45. The van der Waals surface area contributed by atoms with E-state index in [1.807, 2.05) is 20.2 Å². The number of nitrogens with one attached hydrogen (secondary N) is 1. The van der Waals surface area contributed by atoms with E-state index >= 15 is 0 Å². The molecule has 1 atom stereocenters. The summed E-state index contributed by atoms with van der Waals surface area (Å²) in [6.45, 7) is 1.99. The Bertz CT molecular complexity index is 554. The van der Waals surface area contributed by atoms with Crippen LogP contribution in [-0.4, -0.2) is 7.05 Å². The van der Waals surface area contributed by atoms with Crippen LogP contribution in [-0.2, 0) is 0 Å². The van der Waals surface area contributed by atoms with Crippen molar-refractivity contribution in [3.8, 4) is 0 Å². The van der Waals surface area contributed by atoms with Gasteiger partial charge in [0.05, 0.1) is 12.3 Å². The highest BCUT2D eigenvalue weighted by molar-refractivity contribution is 5.35. The van der Waals surface area contributed by atoms with E-state index in [2.05, 4.69) is 35.6 Å². The van der Waals surface area contributed by atoms with Gasteiger partial charge in [0.25, 0.3) is 0 Å². The minimum atomic E-state index is 0.220. The molecular weight excluding hydrogens is 234 g/mol. The van der Waals surface area contributed by atoms with Gasteiger partial charge in [0.2, 0.25) is 0 Å². The summed E-state index contributed by atoms with van der Waals surface area (Å²) in [5.74, 6) is 1.74. The maximum absolute atomic E-state index is 5.44. The van der Waals surface area contributed by atoms with Crippen LogP contribution in [0, 0.1) is 6.92 Å². The molecule has 19 heavy (non-hydrogen) atoms. The zero-order valence-electron chi connectivity index (χ0n) is 11.6. The van der Waals surface area contributed by atoms with Gasteiger partial charge in [-0.15, -0.1) is 0 Å². The largest absolute Gasteiger partial charge is 0.469 e. The number of rotatable bonds is 4. The van der Waals surface area contributed by atoms with E-state index < -0.39 is 0 Å². The molecule has 1 heterocycles. The topological polar surface area (TPSA) is 25.2 Å². The summed E-state index contributed by atoms with van der Waals surface area (Å²) in [5, 5.41) is 3.39. The van der Waals surface area contributed by atoms with Crippen LogP contribution in [0.2, 0.25) is 0 Å². The van der Waals surface area contributed by atoms with Gasteiger partial charge >= 0.3 is 0 Å². The van der Waals surface area contributed by atoms with Crippen molar-refractivity contribution in [2.75, 3.05) is 7.05 Å². The Kier molecular flexibility index (Phi) is 3.43. The summed E-state index contributed by atoms with van der Waals surface area (Å²) in [7, 11) is 2.00. The van der Waals surface area contributed by atoms with Crippen LogP contribution in [0.1, 0.15) is 53.7 Å². The van der Waals surface area contributed by atoms with E-state index in [1.54, 1.807) is 0 Å². The van der Waals surface area contributed by atoms with Gasteiger partial charge in [-0.05, 0) is 49.9 Å². The standard InChI is InChI=1S/C17H21NO/c1-12-9-16(11-19-12)17(18-2)15-8-4-7-14(10-15)13-5-3-6-13/h4,7-11,13,17-18H,3,5-6H2,1-2H3. The highest BCUT2D eigenvalue weighted by Gasteiger charge is 2.21. The molecule has 1 fully saturated rings. The molecule has 0 amide bonds. The maximum Gasteiger partial charge on any atom is 0.101 e. The van der Waals surface area contributed by atoms with Gasteiger partial charge in [0.1, 0.15) is 5.76 Å². The third-order valence-electron chi connectivity index (χ3n) is 4.19. The van der Waals surface area contributed by atoms with Crippen molar-refractivity contribution in [1.29, 1.82) is 0 Å². The average molecular weight is 255 g/mol. The Hall–Kier alpha value is -1.54. The minimum absolute atomic E-state index is 0.220. The van der Waals surface area contributed by atoms with Gasteiger partial charge in [0.15, 0.2) is 0 Å². The molecule has 3 rings (SSSR count). The van der Waals surface area contributed by atoms with Crippen molar-refractivity contribution < 1.29 is 4.42 Å². The maximum atomic E-state index is 5.44. The number of benzene rings is 1. The van der Waals surface area contributed by atoms with Crippen molar-refractivity contribution in [1.82, 2.24) is 5.32 Å². The van der Waals surface area contributed by atoms with Crippen LogP contribution in [0.3, 0.4) is 0 Å². The predicted octanol–water partition coefficient (Wildman–Crippen LogP) is 4.16. The Morgan fingerprint density at radius 3 is 2.63 bits per heavy atom. The summed E-state index contributed by atoms with van der Waals surface area (Å²) in [4.78, 5) is 0. The Balaban J connectivity index is 1.90. The molecule has 1 saturated carbocycles. The molecule has 1 aromatic heterocycles. The summed E-state index contributed by atoms with van der Waals surface area (Å²) in [5.41, 5.74) is 4.02. The van der Waals surface area contributed by atoms with Crippen molar-refractivity contribution >= 4 is 0 Å². The number of aryl methyl sites for hydroxylation is 1. The highest BCUT2D eigenvalue weighted by Crippen LogP contribution is 2.37.